The van der Waals surface area contributed by atoms with E-state index in [1.54, 1.807) is 12.1 Å². The second-order valence-electron chi connectivity index (χ2n) is 4.87. The third kappa shape index (κ3) is 3.64. The van der Waals surface area contributed by atoms with Crippen LogP contribution in [0.4, 0.5) is 0 Å². The molecular weight excluding hydrogens is 250 g/mol. The van der Waals surface area contributed by atoms with E-state index in [9.17, 15) is 4.79 Å². The monoisotopic (exact) mass is 267 g/mol. The van der Waals surface area contributed by atoms with Crippen molar-refractivity contribution in [3.8, 4) is 5.75 Å². The Bertz CT molecular complexity index is 397. The molecule has 1 aromatic carbocycles. The van der Waals surface area contributed by atoms with Gasteiger partial charge in [0.2, 0.25) is 0 Å². The number of phenolic OH excluding ortho intramolecular Hbond substituents is 1. The van der Waals surface area contributed by atoms with Gasteiger partial charge in [0.25, 0.3) is 5.91 Å². The van der Waals surface area contributed by atoms with Gasteiger partial charge in [-0.2, -0.15) is 0 Å². The number of halogens is 1. The number of alkyl halides is 1. The van der Waals surface area contributed by atoms with Gasteiger partial charge in [-0.1, -0.05) is 0 Å². The van der Waals surface area contributed by atoms with Crippen LogP contribution in [0.5, 0.6) is 5.75 Å². The molecule has 1 aliphatic carbocycles. The minimum Gasteiger partial charge on any atom is -0.508 e. The van der Waals surface area contributed by atoms with Crippen molar-refractivity contribution in [2.75, 3.05) is 6.54 Å². The van der Waals surface area contributed by atoms with Crippen LogP contribution in [0.1, 0.15) is 36.0 Å². The zero-order valence-electron chi connectivity index (χ0n) is 10.2. The van der Waals surface area contributed by atoms with E-state index in [1.165, 1.54) is 12.1 Å². The van der Waals surface area contributed by atoms with Gasteiger partial charge >= 0.3 is 0 Å². The minimum absolute atomic E-state index is 0.0806. The van der Waals surface area contributed by atoms with Crippen LogP contribution in [-0.2, 0) is 0 Å². The van der Waals surface area contributed by atoms with E-state index in [0.717, 1.165) is 25.7 Å². The lowest BCUT2D eigenvalue weighted by atomic mass is 9.89. The Hall–Kier alpha value is -1.22. The van der Waals surface area contributed by atoms with Crippen molar-refractivity contribution in [3.05, 3.63) is 29.8 Å². The van der Waals surface area contributed by atoms with Gasteiger partial charge in [-0.3, -0.25) is 4.79 Å². The Kier molecular flexibility index (Phi) is 4.48. The Balaban J connectivity index is 1.79. The van der Waals surface area contributed by atoms with Gasteiger partial charge in [0.05, 0.1) is 0 Å². The molecule has 0 heterocycles. The van der Waals surface area contributed by atoms with Crippen molar-refractivity contribution in [2.45, 2.75) is 31.1 Å². The molecule has 0 spiro atoms. The van der Waals surface area contributed by atoms with E-state index in [1.807, 2.05) is 0 Å². The van der Waals surface area contributed by atoms with Crippen molar-refractivity contribution in [2.24, 2.45) is 5.92 Å². The lowest BCUT2D eigenvalue weighted by molar-refractivity contribution is 0.0944. The van der Waals surface area contributed by atoms with Gasteiger partial charge in [-0.25, -0.2) is 0 Å². The van der Waals surface area contributed by atoms with Gasteiger partial charge in [-0.05, 0) is 55.9 Å². The van der Waals surface area contributed by atoms with Crippen molar-refractivity contribution in [1.29, 1.82) is 0 Å². The zero-order valence-corrected chi connectivity index (χ0v) is 11.0. The Morgan fingerprint density at radius 1 is 1.22 bits per heavy atom. The zero-order chi connectivity index (χ0) is 13.0. The normalized spacial score (nSPS) is 23.6. The summed E-state index contributed by atoms with van der Waals surface area (Å²) in [6.45, 7) is 0.712. The quantitative estimate of drug-likeness (QED) is 0.828. The summed E-state index contributed by atoms with van der Waals surface area (Å²) in [5.74, 6) is 0.635. The van der Waals surface area contributed by atoms with Crippen LogP contribution in [0.3, 0.4) is 0 Å². The molecule has 1 aliphatic rings. The molecule has 0 aromatic heterocycles. The highest BCUT2D eigenvalue weighted by molar-refractivity contribution is 6.20. The average Bonchev–Trinajstić information content (AvgIpc) is 2.38. The molecule has 4 heteroatoms. The molecule has 1 aromatic rings. The van der Waals surface area contributed by atoms with Crippen LogP contribution < -0.4 is 5.32 Å². The molecule has 3 nitrogen and oxygen atoms in total. The molecule has 1 saturated carbocycles. The molecule has 0 atom stereocenters. The molecule has 2 N–H and O–H groups in total. The van der Waals surface area contributed by atoms with E-state index in [4.69, 9.17) is 16.7 Å². The predicted molar refractivity (Wildman–Crippen MR) is 72.0 cm³/mol. The van der Waals surface area contributed by atoms with Gasteiger partial charge in [0.15, 0.2) is 0 Å². The summed E-state index contributed by atoms with van der Waals surface area (Å²) in [6, 6.07) is 6.29. The summed E-state index contributed by atoms with van der Waals surface area (Å²) in [4.78, 5) is 11.8. The first-order valence-corrected chi connectivity index (χ1v) is 6.80. The predicted octanol–water partition coefficient (Wildman–Crippen LogP) is 2.92. The number of carbonyl (C=O) groups is 1. The molecule has 1 fully saturated rings. The average molecular weight is 268 g/mol. The first-order valence-electron chi connectivity index (χ1n) is 6.36. The lowest BCUT2D eigenvalue weighted by Crippen LogP contribution is -2.31. The minimum atomic E-state index is -0.0806. The highest BCUT2D eigenvalue weighted by atomic mass is 35.5. The van der Waals surface area contributed by atoms with Crippen molar-refractivity contribution in [1.82, 2.24) is 5.32 Å². The summed E-state index contributed by atoms with van der Waals surface area (Å²) >= 11 is 6.04. The van der Waals surface area contributed by atoms with Crippen LogP contribution in [0, 0.1) is 5.92 Å². The van der Waals surface area contributed by atoms with Crippen LogP contribution in [0.15, 0.2) is 24.3 Å². The fourth-order valence-electron chi connectivity index (χ4n) is 2.28. The number of aromatic hydroxyl groups is 1. The van der Waals surface area contributed by atoms with Gasteiger partial charge in [0, 0.05) is 17.5 Å². The summed E-state index contributed by atoms with van der Waals surface area (Å²) in [7, 11) is 0. The second kappa shape index (κ2) is 6.10. The third-order valence-electron chi connectivity index (χ3n) is 3.46. The molecule has 0 aliphatic heterocycles. The molecule has 2 rings (SSSR count). The van der Waals surface area contributed by atoms with E-state index in [0.29, 0.717) is 23.4 Å². The van der Waals surface area contributed by atoms with Gasteiger partial charge < -0.3 is 10.4 Å². The largest absolute Gasteiger partial charge is 0.508 e. The molecule has 0 unspecified atom stereocenters. The van der Waals surface area contributed by atoms with Gasteiger partial charge in [-0.15, -0.1) is 11.6 Å². The maximum Gasteiger partial charge on any atom is 0.251 e. The molecule has 0 saturated heterocycles. The smallest absolute Gasteiger partial charge is 0.251 e. The number of phenols is 1. The van der Waals surface area contributed by atoms with E-state index >= 15 is 0 Å². The maximum absolute atomic E-state index is 11.8. The first-order chi connectivity index (χ1) is 8.65. The van der Waals surface area contributed by atoms with E-state index in [2.05, 4.69) is 5.32 Å². The number of rotatable bonds is 3. The highest BCUT2D eigenvalue weighted by Gasteiger charge is 2.19. The summed E-state index contributed by atoms with van der Waals surface area (Å²) in [5, 5.41) is 12.4. The summed E-state index contributed by atoms with van der Waals surface area (Å²) in [5.41, 5.74) is 0.582. The van der Waals surface area contributed by atoms with Crippen LogP contribution in [0.2, 0.25) is 0 Å². The number of nitrogens with one attached hydrogen (secondary N) is 1. The fourth-order valence-corrected chi connectivity index (χ4v) is 2.53. The summed E-state index contributed by atoms with van der Waals surface area (Å²) < 4.78 is 0. The maximum atomic E-state index is 11.8. The molecule has 98 valence electrons. The van der Waals surface area contributed by atoms with Crippen LogP contribution in [-0.4, -0.2) is 22.9 Å². The highest BCUT2D eigenvalue weighted by Crippen LogP contribution is 2.27. The molecule has 0 bridgehead atoms. The lowest BCUT2D eigenvalue weighted by Gasteiger charge is -2.25. The number of carbonyl (C=O) groups excluding carboxylic acids is 1. The Morgan fingerprint density at radius 2 is 1.83 bits per heavy atom. The molecule has 0 radical (unpaired) electrons. The first kappa shape index (κ1) is 13.2. The Labute approximate surface area is 112 Å². The van der Waals surface area contributed by atoms with Gasteiger partial charge in [0.1, 0.15) is 5.75 Å². The van der Waals surface area contributed by atoms with Crippen molar-refractivity contribution in [3.63, 3.8) is 0 Å². The SMILES string of the molecule is O=C(NCC1CCC(Cl)CC1)c1ccc(O)cc1. The molecule has 1 amide bonds. The van der Waals surface area contributed by atoms with Crippen LogP contribution in [0.25, 0.3) is 0 Å². The number of hydrogen-bond acceptors (Lipinski definition) is 2. The molecule has 18 heavy (non-hydrogen) atoms. The fraction of sp³-hybridized carbons (Fsp3) is 0.500. The van der Waals surface area contributed by atoms with E-state index in [-0.39, 0.29) is 11.7 Å². The topological polar surface area (TPSA) is 49.3 Å². The number of benzene rings is 1. The summed E-state index contributed by atoms with van der Waals surface area (Å²) in [6.07, 6.45) is 4.26. The second-order valence-corrected chi connectivity index (χ2v) is 5.49. The van der Waals surface area contributed by atoms with Crippen molar-refractivity contribution >= 4 is 17.5 Å². The number of hydrogen-bond donors (Lipinski definition) is 2. The molecular formula is C14H18ClNO2. The standard InChI is InChI=1S/C14H18ClNO2/c15-12-5-1-10(2-6-12)9-16-14(18)11-3-7-13(17)8-4-11/h3-4,7-8,10,12,17H,1-2,5-6,9H2,(H,16,18). The number of amides is 1. The van der Waals surface area contributed by atoms with Crippen LogP contribution >= 0.6 is 11.6 Å². The van der Waals surface area contributed by atoms with Crippen molar-refractivity contribution < 1.29 is 9.90 Å². The Morgan fingerprint density at radius 3 is 2.44 bits per heavy atom. The van der Waals surface area contributed by atoms with E-state index < -0.39 is 0 Å². The third-order valence-corrected chi connectivity index (χ3v) is 3.89.